The van der Waals surface area contributed by atoms with Gasteiger partial charge in [-0.1, -0.05) is 39.0 Å². The standard InChI is InChI=1S/C17H29NO/c1-6-13(3)16-10-8-9-11-17(16)19-15(5)12-14(4)18-7-2/h8-11,13-15,18H,6-7,12H2,1-5H3. The maximum Gasteiger partial charge on any atom is 0.123 e. The molecule has 3 unspecified atom stereocenters. The molecule has 2 nitrogen and oxygen atoms in total. The molecule has 0 aliphatic rings. The molecule has 108 valence electrons. The normalized spacial score (nSPS) is 15.8. The zero-order valence-electron chi connectivity index (χ0n) is 13.1. The van der Waals surface area contributed by atoms with E-state index >= 15 is 0 Å². The summed E-state index contributed by atoms with van der Waals surface area (Å²) in [5, 5.41) is 3.43. The van der Waals surface area contributed by atoms with Gasteiger partial charge in [-0.05, 0) is 50.8 Å². The van der Waals surface area contributed by atoms with E-state index in [2.05, 4.69) is 64.2 Å². The lowest BCUT2D eigenvalue weighted by atomic mass is 9.98. The van der Waals surface area contributed by atoms with Crippen molar-refractivity contribution in [3.8, 4) is 5.75 Å². The van der Waals surface area contributed by atoms with Crippen LogP contribution in [0.3, 0.4) is 0 Å². The van der Waals surface area contributed by atoms with Crippen LogP contribution in [-0.4, -0.2) is 18.7 Å². The van der Waals surface area contributed by atoms with E-state index in [0.29, 0.717) is 12.0 Å². The molecule has 0 radical (unpaired) electrons. The van der Waals surface area contributed by atoms with Crippen LogP contribution in [0.15, 0.2) is 24.3 Å². The number of ether oxygens (including phenoxy) is 1. The van der Waals surface area contributed by atoms with Gasteiger partial charge in [0, 0.05) is 6.04 Å². The van der Waals surface area contributed by atoms with E-state index in [1.807, 2.05) is 0 Å². The minimum absolute atomic E-state index is 0.235. The molecule has 0 fully saturated rings. The lowest BCUT2D eigenvalue weighted by Gasteiger charge is -2.22. The van der Waals surface area contributed by atoms with Crippen LogP contribution in [0.4, 0.5) is 0 Å². The van der Waals surface area contributed by atoms with Crippen molar-refractivity contribution in [2.45, 2.75) is 65.5 Å². The van der Waals surface area contributed by atoms with Gasteiger partial charge < -0.3 is 10.1 Å². The first-order valence-corrected chi connectivity index (χ1v) is 7.57. The van der Waals surface area contributed by atoms with Gasteiger partial charge in [0.15, 0.2) is 0 Å². The van der Waals surface area contributed by atoms with Crippen molar-refractivity contribution in [3.05, 3.63) is 29.8 Å². The molecule has 0 saturated carbocycles. The Kier molecular flexibility index (Phi) is 6.93. The van der Waals surface area contributed by atoms with Crippen molar-refractivity contribution in [2.24, 2.45) is 0 Å². The molecule has 1 N–H and O–H groups in total. The first-order chi connectivity index (χ1) is 9.08. The number of para-hydroxylation sites is 1. The van der Waals surface area contributed by atoms with Gasteiger partial charge in [-0.2, -0.15) is 0 Å². The quantitative estimate of drug-likeness (QED) is 0.752. The highest BCUT2D eigenvalue weighted by molar-refractivity contribution is 5.36. The molecule has 1 aromatic rings. The van der Waals surface area contributed by atoms with Gasteiger partial charge in [-0.25, -0.2) is 0 Å². The van der Waals surface area contributed by atoms with Crippen LogP contribution in [0, 0.1) is 0 Å². The van der Waals surface area contributed by atoms with Gasteiger partial charge in [0.25, 0.3) is 0 Å². The van der Waals surface area contributed by atoms with Crippen LogP contribution in [0.1, 0.15) is 58.9 Å². The number of benzene rings is 1. The average Bonchev–Trinajstić information content (AvgIpc) is 2.38. The first kappa shape index (κ1) is 16.0. The molecule has 1 aromatic carbocycles. The van der Waals surface area contributed by atoms with Crippen LogP contribution in [0.2, 0.25) is 0 Å². The molecule has 0 aliphatic carbocycles. The molecule has 3 atom stereocenters. The van der Waals surface area contributed by atoms with E-state index in [1.165, 1.54) is 5.56 Å². The molecule has 0 spiro atoms. The maximum absolute atomic E-state index is 6.15. The summed E-state index contributed by atoms with van der Waals surface area (Å²) in [5.41, 5.74) is 1.33. The number of hydrogen-bond donors (Lipinski definition) is 1. The van der Waals surface area contributed by atoms with Crippen molar-refractivity contribution in [1.82, 2.24) is 5.32 Å². The highest BCUT2D eigenvalue weighted by Crippen LogP contribution is 2.29. The second-order valence-corrected chi connectivity index (χ2v) is 5.47. The van der Waals surface area contributed by atoms with Crippen LogP contribution in [0.25, 0.3) is 0 Å². The van der Waals surface area contributed by atoms with E-state index in [4.69, 9.17) is 4.74 Å². The molecule has 2 heteroatoms. The molecule has 0 bridgehead atoms. The van der Waals surface area contributed by atoms with E-state index in [1.54, 1.807) is 0 Å². The number of hydrogen-bond acceptors (Lipinski definition) is 2. The summed E-state index contributed by atoms with van der Waals surface area (Å²) >= 11 is 0. The summed E-state index contributed by atoms with van der Waals surface area (Å²) in [7, 11) is 0. The van der Waals surface area contributed by atoms with Crippen molar-refractivity contribution in [1.29, 1.82) is 0 Å². The minimum Gasteiger partial charge on any atom is -0.490 e. The molecule has 0 saturated heterocycles. The summed E-state index contributed by atoms with van der Waals surface area (Å²) in [6.07, 6.45) is 2.41. The predicted octanol–water partition coefficient (Wildman–Crippen LogP) is 4.36. The lowest BCUT2D eigenvalue weighted by Crippen LogP contribution is -2.30. The van der Waals surface area contributed by atoms with Crippen molar-refractivity contribution in [3.63, 3.8) is 0 Å². The SMILES string of the molecule is CCNC(C)CC(C)Oc1ccccc1C(C)CC. The van der Waals surface area contributed by atoms with E-state index in [-0.39, 0.29) is 6.10 Å². The summed E-state index contributed by atoms with van der Waals surface area (Å²) in [6.45, 7) is 12.0. The average molecular weight is 263 g/mol. The Labute approximate surface area is 118 Å². The van der Waals surface area contributed by atoms with Crippen molar-refractivity contribution < 1.29 is 4.74 Å². The second kappa shape index (κ2) is 8.21. The third kappa shape index (κ3) is 5.23. The fraction of sp³-hybridized carbons (Fsp3) is 0.647. The Morgan fingerprint density at radius 3 is 2.42 bits per heavy atom. The Bertz CT molecular complexity index is 364. The highest BCUT2D eigenvalue weighted by Gasteiger charge is 2.14. The van der Waals surface area contributed by atoms with Gasteiger partial charge in [0.1, 0.15) is 5.75 Å². The summed E-state index contributed by atoms with van der Waals surface area (Å²) in [6, 6.07) is 8.93. The van der Waals surface area contributed by atoms with Crippen LogP contribution < -0.4 is 10.1 Å². The summed E-state index contributed by atoms with van der Waals surface area (Å²) in [5.74, 6) is 1.60. The molecule has 19 heavy (non-hydrogen) atoms. The van der Waals surface area contributed by atoms with Crippen molar-refractivity contribution in [2.75, 3.05) is 6.54 Å². The lowest BCUT2D eigenvalue weighted by molar-refractivity contribution is 0.194. The zero-order valence-corrected chi connectivity index (χ0v) is 13.1. The van der Waals surface area contributed by atoms with E-state index in [9.17, 15) is 0 Å². The third-order valence-electron chi connectivity index (χ3n) is 3.63. The van der Waals surface area contributed by atoms with E-state index in [0.717, 1.165) is 25.1 Å². The van der Waals surface area contributed by atoms with Crippen LogP contribution in [0.5, 0.6) is 5.75 Å². The molecule has 0 amide bonds. The molecular weight excluding hydrogens is 234 g/mol. The minimum atomic E-state index is 0.235. The smallest absolute Gasteiger partial charge is 0.123 e. The summed E-state index contributed by atoms with van der Waals surface area (Å²) in [4.78, 5) is 0. The fourth-order valence-electron chi connectivity index (χ4n) is 2.41. The maximum atomic E-state index is 6.15. The van der Waals surface area contributed by atoms with Crippen LogP contribution >= 0.6 is 0 Å². The zero-order chi connectivity index (χ0) is 14.3. The van der Waals surface area contributed by atoms with Gasteiger partial charge in [-0.15, -0.1) is 0 Å². The Morgan fingerprint density at radius 1 is 1.11 bits per heavy atom. The molecule has 0 aromatic heterocycles. The van der Waals surface area contributed by atoms with Gasteiger partial charge in [0.05, 0.1) is 6.10 Å². The number of nitrogens with one attached hydrogen (secondary N) is 1. The van der Waals surface area contributed by atoms with Crippen LogP contribution in [-0.2, 0) is 0 Å². The first-order valence-electron chi connectivity index (χ1n) is 7.57. The molecule has 1 rings (SSSR count). The largest absolute Gasteiger partial charge is 0.490 e. The molecule has 0 heterocycles. The van der Waals surface area contributed by atoms with E-state index < -0.39 is 0 Å². The number of rotatable bonds is 8. The predicted molar refractivity (Wildman–Crippen MR) is 83.0 cm³/mol. The van der Waals surface area contributed by atoms with Gasteiger partial charge in [-0.3, -0.25) is 0 Å². The summed E-state index contributed by atoms with van der Waals surface area (Å²) < 4.78 is 6.15. The Balaban J connectivity index is 2.65. The third-order valence-corrected chi connectivity index (χ3v) is 3.63. The van der Waals surface area contributed by atoms with Gasteiger partial charge >= 0.3 is 0 Å². The van der Waals surface area contributed by atoms with Crippen molar-refractivity contribution >= 4 is 0 Å². The fourth-order valence-corrected chi connectivity index (χ4v) is 2.41. The Hall–Kier alpha value is -1.02. The molecular formula is C17H29NO. The Morgan fingerprint density at radius 2 is 1.79 bits per heavy atom. The monoisotopic (exact) mass is 263 g/mol. The second-order valence-electron chi connectivity index (χ2n) is 5.47. The molecule has 0 aliphatic heterocycles. The van der Waals surface area contributed by atoms with Gasteiger partial charge in [0.2, 0.25) is 0 Å². The highest BCUT2D eigenvalue weighted by atomic mass is 16.5. The topological polar surface area (TPSA) is 21.3 Å².